The van der Waals surface area contributed by atoms with E-state index in [0.29, 0.717) is 0 Å². The summed E-state index contributed by atoms with van der Waals surface area (Å²) in [4.78, 5) is 0. The molecule has 224 valence electrons. The number of hydrogen-bond donors (Lipinski definition) is 0. The molecule has 3 aliphatic rings. The molecule has 6 unspecified atom stereocenters. The Bertz CT molecular complexity index is 984. The quantitative estimate of drug-likeness (QED) is 0.246. The molecule has 0 amide bonds. The fraction of sp³-hybridized carbons (Fsp3) is 1.00. The van der Waals surface area contributed by atoms with Gasteiger partial charge < -0.3 is 0 Å². The predicted molar refractivity (Wildman–Crippen MR) is 95.9 cm³/mol. The highest BCUT2D eigenvalue weighted by atomic mass is 19.4. The van der Waals surface area contributed by atoms with Crippen LogP contribution in [0.5, 0.6) is 0 Å². The van der Waals surface area contributed by atoms with E-state index in [9.17, 15) is 26.3 Å². The second-order valence-electron chi connectivity index (χ2n) is 11.8. The summed E-state index contributed by atoms with van der Waals surface area (Å²) in [6.45, 7) is -1.54. The third-order valence-corrected chi connectivity index (χ3v) is 10.6. The second kappa shape index (κ2) is 6.33. The smallest absolute Gasteiger partial charge is 0.240 e. The molecule has 0 aromatic rings. The van der Waals surface area contributed by atoms with Crippen LogP contribution < -0.4 is 0 Å². The van der Waals surface area contributed by atoms with Gasteiger partial charge in [0.1, 0.15) is 0 Å². The van der Waals surface area contributed by atoms with Gasteiger partial charge in [0.15, 0.2) is 11.3 Å². The topological polar surface area (TPSA) is 0 Å². The zero-order valence-corrected chi connectivity index (χ0v) is 20.4. The van der Waals surface area contributed by atoms with Crippen LogP contribution in [0.2, 0.25) is 0 Å². The fourth-order valence-electron chi connectivity index (χ4n) is 7.12. The minimum atomic E-state index is -8.08. The maximum atomic E-state index is 17.0. The lowest BCUT2D eigenvalue weighted by atomic mass is 9.27. The molecular formula is C21H21F17. The van der Waals surface area contributed by atoms with Crippen molar-refractivity contribution in [1.29, 1.82) is 0 Å². The Morgan fingerprint density at radius 1 is 0.263 bits per heavy atom. The van der Waals surface area contributed by atoms with Crippen molar-refractivity contribution < 1.29 is 74.6 Å². The fourth-order valence-corrected chi connectivity index (χ4v) is 7.12. The van der Waals surface area contributed by atoms with Gasteiger partial charge in [-0.1, -0.05) is 34.6 Å². The molecule has 0 heterocycles. The average Bonchev–Trinajstić information content (AvgIpc) is 2.72. The first-order valence-electron chi connectivity index (χ1n) is 10.7. The Hall–Kier alpha value is -1.19. The summed E-state index contributed by atoms with van der Waals surface area (Å²) in [5, 5.41) is 0. The maximum absolute atomic E-state index is 17.0. The number of alkyl halides is 17. The highest BCUT2D eigenvalue weighted by Gasteiger charge is 3.14. The molecule has 0 N–H and O–H groups in total. The maximum Gasteiger partial charge on any atom is 0.381 e. The normalized spacial score (nSPS) is 52.4. The molecule has 3 fully saturated rings. The molecule has 0 aromatic carbocycles. The zero-order chi connectivity index (χ0) is 31.0. The largest absolute Gasteiger partial charge is 0.381 e. The number of fused-ring (bicyclic) bond motifs is 3. The Kier molecular flexibility index (Phi) is 5.22. The van der Waals surface area contributed by atoms with Crippen molar-refractivity contribution in [1.82, 2.24) is 0 Å². The highest BCUT2D eigenvalue weighted by molar-refractivity contribution is 5.50. The van der Waals surface area contributed by atoms with Gasteiger partial charge in [0.25, 0.3) is 11.3 Å². The van der Waals surface area contributed by atoms with E-state index < -0.39 is 94.0 Å². The molecule has 3 saturated carbocycles. The van der Waals surface area contributed by atoms with Gasteiger partial charge >= 0.3 is 35.5 Å². The third kappa shape index (κ3) is 1.95. The molecule has 0 radical (unpaired) electrons. The summed E-state index contributed by atoms with van der Waals surface area (Å²) in [5.41, 5.74) is -45.3. The van der Waals surface area contributed by atoms with Crippen LogP contribution in [0.3, 0.4) is 0 Å². The second-order valence-corrected chi connectivity index (χ2v) is 11.8. The van der Waals surface area contributed by atoms with Gasteiger partial charge in [-0.3, -0.25) is 0 Å². The van der Waals surface area contributed by atoms with Crippen LogP contribution in [0.1, 0.15) is 48.5 Å². The van der Waals surface area contributed by atoms with Crippen LogP contribution in [-0.2, 0) is 0 Å². The summed E-state index contributed by atoms with van der Waals surface area (Å²) >= 11 is 0. The van der Waals surface area contributed by atoms with Gasteiger partial charge in [-0.2, -0.15) is 52.7 Å². The molecule has 0 aliphatic heterocycles. The number of rotatable bonds is 0. The summed E-state index contributed by atoms with van der Waals surface area (Å²) in [6.07, 6.45) is 0. The molecular weight excluding hydrogens is 575 g/mol. The molecule has 3 rings (SSSR count). The Morgan fingerprint density at radius 2 is 0.526 bits per heavy atom. The van der Waals surface area contributed by atoms with E-state index >= 15 is 48.3 Å². The average molecular weight is 596 g/mol. The first kappa shape index (κ1) is 31.3. The van der Waals surface area contributed by atoms with Crippen LogP contribution in [0.15, 0.2) is 0 Å². The van der Waals surface area contributed by atoms with Gasteiger partial charge in [0.05, 0.1) is 0 Å². The number of halogens is 17. The van der Waals surface area contributed by atoms with Crippen LogP contribution in [0.4, 0.5) is 74.6 Å². The van der Waals surface area contributed by atoms with Crippen molar-refractivity contribution in [3.63, 3.8) is 0 Å². The Labute approximate surface area is 204 Å². The van der Waals surface area contributed by atoms with E-state index in [-0.39, 0.29) is 34.6 Å². The van der Waals surface area contributed by atoms with E-state index in [2.05, 4.69) is 0 Å². The van der Waals surface area contributed by atoms with E-state index in [1.165, 1.54) is 0 Å². The molecule has 0 nitrogen and oxygen atoms in total. The number of hydrogen-bond acceptors (Lipinski definition) is 0. The third-order valence-electron chi connectivity index (χ3n) is 10.6. The Balaban J connectivity index is 2.86. The molecule has 38 heavy (non-hydrogen) atoms. The van der Waals surface area contributed by atoms with E-state index in [0.717, 1.165) is 0 Å². The highest BCUT2D eigenvalue weighted by Crippen LogP contribution is 2.89. The summed E-state index contributed by atoms with van der Waals surface area (Å²) < 4.78 is 260. The van der Waals surface area contributed by atoms with Crippen molar-refractivity contribution >= 4 is 0 Å². The van der Waals surface area contributed by atoms with Crippen molar-refractivity contribution in [3.8, 4) is 0 Å². The lowest BCUT2D eigenvalue weighted by Crippen LogP contribution is -3.03. The lowest BCUT2D eigenvalue weighted by molar-refractivity contribution is -0.554. The van der Waals surface area contributed by atoms with Crippen LogP contribution in [0, 0.1) is 16.2 Å². The summed E-state index contributed by atoms with van der Waals surface area (Å²) in [7, 11) is 0. The standard InChI is InChI=1S/C21H21F17/c1-8(2)10(5)9(3,4)12(7,23)16(27,28)17(29,30)13(10,24)15(26)14(25,11(8,6)22)18(31,32)20(35,36)21(37,38)19(15,33)34/h1-7H3. The van der Waals surface area contributed by atoms with Crippen LogP contribution >= 0.6 is 0 Å². The van der Waals surface area contributed by atoms with E-state index in [1.54, 1.807) is 0 Å². The van der Waals surface area contributed by atoms with Crippen molar-refractivity contribution in [2.75, 3.05) is 0 Å². The van der Waals surface area contributed by atoms with E-state index in [4.69, 9.17) is 0 Å². The van der Waals surface area contributed by atoms with Gasteiger partial charge in [-0.25, -0.2) is 22.0 Å². The van der Waals surface area contributed by atoms with Gasteiger partial charge in [0.2, 0.25) is 5.67 Å². The summed E-state index contributed by atoms with van der Waals surface area (Å²) in [6, 6.07) is 0. The minimum absolute atomic E-state index is 0.0166. The van der Waals surface area contributed by atoms with Crippen LogP contribution in [-0.4, -0.2) is 63.9 Å². The van der Waals surface area contributed by atoms with Crippen molar-refractivity contribution in [2.45, 2.75) is 112 Å². The molecule has 17 heteroatoms. The molecule has 6 atom stereocenters. The zero-order valence-electron chi connectivity index (χ0n) is 20.4. The molecule has 0 saturated heterocycles. The molecule has 0 spiro atoms. The molecule has 0 bridgehead atoms. The van der Waals surface area contributed by atoms with Gasteiger partial charge in [0, 0.05) is 16.2 Å². The first-order valence-corrected chi connectivity index (χ1v) is 10.7. The van der Waals surface area contributed by atoms with Gasteiger partial charge in [-0.15, -0.1) is 0 Å². The predicted octanol–water partition coefficient (Wildman–Crippen LogP) is 8.48. The lowest BCUT2D eigenvalue weighted by Gasteiger charge is -2.79. The Morgan fingerprint density at radius 3 is 0.868 bits per heavy atom. The summed E-state index contributed by atoms with van der Waals surface area (Å²) in [5.74, 6) is -45.9. The SMILES string of the molecule is CC1(C)C(C)(F)C(F)(F)C(F)(F)C2(F)C1(C)C(C)(C)C(C)(F)C1(F)C(F)(F)C(F)(F)C(F)(F)C(F)(F)C12F. The minimum Gasteiger partial charge on any atom is -0.240 e. The van der Waals surface area contributed by atoms with E-state index in [1.807, 2.05) is 0 Å². The molecule has 0 aromatic heterocycles. The molecule has 3 aliphatic carbocycles. The monoisotopic (exact) mass is 596 g/mol. The van der Waals surface area contributed by atoms with Crippen molar-refractivity contribution in [3.05, 3.63) is 0 Å². The van der Waals surface area contributed by atoms with Gasteiger partial charge in [-0.05, 0) is 13.8 Å². The van der Waals surface area contributed by atoms with Crippen molar-refractivity contribution in [2.24, 2.45) is 16.2 Å². The van der Waals surface area contributed by atoms with Crippen LogP contribution in [0.25, 0.3) is 0 Å². The first-order chi connectivity index (χ1) is 16.0.